The first-order valence-corrected chi connectivity index (χ1v) is 5.58. The minimum atomic E-state index is -0.0935. The van der Waals surface area contributed by atoms with E-state index >= 15 is 0 Å². The van der Waals surface area contributed by atoms with Gasteiger partial charge in [-0.05, 0) is 19.8 Å². The van der Waals surface area contributed by atoms with Crippen LogP contribution in [0.15, 0.2) is 0 Å². The molecule has 0 aliphatic rings. The number of amides is 1. The van der Waals surface area contributed by atoms with Crippen molar-refractivity contribution in [3.8, 4) is 0 Å². The van der Waals surface area contributed by atoms with Gasteiger partial charge in [-0.1, -0.05) is 13.8 Å². The van der Waals surface area contributed by atoms with Crippen LogP contribution in [-0.4, -0.2) is 31.7 Å². The van der Waals surface area contributed by atoms with Crippen LogP contribution in [0.4, 0.5) is 0 Å². The van der Waals surface area contributed by atoms with Crippen molar-refractivity contribution < 1.29 is 9.53 Å². The summed E-state index contributed by atoms with van der Waals surface area (Å²) in [5.41, 5.74) is 5.53. The fraction of sp³-hybridized carbons (Fsp3) is 0.909. The van der Waals surface area contributed by atoms with E-state index in [1.165, 1.54) is 0 Å². The smallest absolute Gasteiger partial charge is 0.224 e. The normalized spacial score (nSPS) is 13.3. The SMILES string of the molecule is CC(C)OCCNC(=O)C(CN)C(C)C. The van der Waals surface area contributed by atoms with Crippen molar-refractivity contribution in [1.82, 2.24) is 5.32 Å². The third kappa shape index (κ3) is 6.47. The van der Waals surface area contributed by atoms with Crippen molar-refractivity contribution >= 4 is 5.91 Å². The summed E-state index contributed by atoms with van der Waals surface area (Å²) in [6.45, 7) is 9.45. The average Bonchev–Trinajstić information content (AvgIpc) is 2.12. The lowest BCUT2D eigenvalue weighted by Crippen LogP contribution is -2.39. The lowest BCUT2D eigenvalue weighted by Gasteiger charge is -2.18. The highest BCUT2D eigenvalue weighted by molar-refractivity contribution is 5.79. The molecule has 0 aromatic rings. The molecule has 0 spiro atoms. The van der Waals surface area contributed by atoms with Gasteiger partial charge in [-0.3, -0.25) is 4.79 Å². The van der Waals surface area contributed by atoms with Crippen LogP contribution in [0.2, 0.25) is 0 Å². The van der Waals surface area contributed by atoms with Crippen LogP contribution in [0.25, 0.3) is 0 Å². The Labute approximate surface area is 92.6 Å². The second kappa shape index (κ2) is 7.65. The molecule has 1 atom stereocenters. The van der Waals surface area contributed by atoms with Crippen molar-refractivity contribution in [2.45, 2.75) is 33.8 Å². The van der Waals surface area contributed by atoms with E-state index in [-0.39, 0.29) is 23.8 Å². The van der Waals surface area contributed by atoms with Gasteiger partial charge in [0.2, 0.25) is 5.91 Å². The van der Waals surface area contributed by atoms with Crippen LogP contribution in [0, 0.1) is 11.8 Å². The molecule has 0 aromatic heterocycles. The topological polar surface area (TPSA) is 64.3 Å². The lowest BCUT2D eigenvalue weighted by atomic mass is 9.95. The minimum absolute atomic E-state index is 0.0276. The van der Waals surface area contributed by atoms with Gasteiger partial charge in [0.1, 0.15) is 0 Å². The zero-order valence-corrected chi connectivity index (χ0v) is 10.2. The zero-order valence-electron chi connectivity index (χ0n) is 10.2. The maximum absolute atomic E-state index is 11.6. The van der Waals surface area contributed by atoms with Crippen molar-refractivity contribution in [1.29, 1.82) is 0 Å². The van der Waals surface area contributed by atoms with E-state index in [0.29, 0.717) is 19.7 Å². The second-order valence-electron chi connectivity index (χ2n) is 4.30. The maximum atomic E-state index is 11.6. The van der Waals surface area contributed by atoms with Gasteiger partial charge >= 0.3 is 0 Å². The molecule has 1 unspecified atom stereocenters. The van der Waals surface area contributed by atoms with E-state index in [4.69, 9.17) is 10.5 Å². The Hall–Kier alpha value is -0.610. The number of hydrogen-bond donors (Lipinski definition) is 2. The van der Waals surface area contributed by atoms with Crippen molar-refractivity contribution in [2.24, 2.45) is 17.6 Å². The Morgan fingerprint density at radius 1 is 1.33 bits per heavy atom. The number of carbonyl (C=O) groups excluding carboxylic acids is 1. The summed E-state index contributed by atoms with van der Waals surface area (Å²) in [5.74, 6) is 0.213. The van der Waals surface area contributed by atoms with Crippen LogP contribution in [0.3, 0.4) is 0 Å². The zero-order chi connectivity index (χ0) is 11.8. The van der Waals surface area contributed by atoms with E-state index in [2.05, 4.69) is 5.32 Å². The third-order valence-corrected chi connectivity index (χ3v) is 2.25. The maximum Gasteiger partial charge on any atom is 0.224 e. The molecule has 15 heavy (non-hydrogen) atoms. The predicted molar refractivity (Wildman–Crippen MR) is 61.5 cm³/mol. The Morgan fingerprint density at radius 2 is 1.93 bits per heavy atom. The highest BCUT2D eigenvalue weighted by Gasteiger charge is 2.19. The molecule has 4 heteroatoms. The van der Waals surface area contributed by atoms with Gasteiger partial charge in [0.15, 0.2) is 0 Å². The third-order valence-electron chi connectivity index (χ3n) is 2.25. The van der Waals surface area contributed by atoms with E-state index in [9.17, 15) is 4.79 Å². The van der Waals surface area contributed by atoms with Gasteiger partial charge in [0.25, 0.3) is 0 Å². The van der Waals surface area contributed by atoms with E-state index in [1.807, 2.05) is 27.7 Å². The largest absolute Gasteiger partial charge is 0.377 e. The summed E-state index contributed by atoms with van der Waals surface area (Å²) in [5, 5.41) is 2.83. The molecule has 0 fully saturated rings. The van der Waals surface area contributed by atoms with Crippen LogP contribution >= 0.6 is 0 Å². The molecule has 0 rings (SSSR count). The molecule has 0 saturated carbocycles. The van der Waals surface area contributed by atoms with Crippen molar-refractivity contribution in [2.75, 3.05) is 19.7 Å². The Balaban J connectivity index is 3.72. The molecule has 0 radical (unpaired) electrons. The van der Waals surface area contributed by atoms with Gasteiger partial charge in [0, 0.05) is 13.1 Å². The first-order valence-electron chi connectivity index (χ1n) is 5.58. The molecule has 90 valence electrons. The Bertz CT molecular complexity index is 181. The molecule has 0 saturated heterocycles. The number of nitrogens with two attached hydrogens (primary N) is 1. The fourth-order valence-electron chi connectivity index (χ4n) is 1.28. The molecule has 3 N–H and O–H groups in total. The fourth-order valence-corrected chi connectivity index (χ4v) is 1.28. The minimum Gasteiger partial charge on any atom is -0.377 e. The summed E-state index contributed by atoms with van der Waals surface area (Å²) in [7, 11) is 0. The van der Waals surface area contributed by atoms with Gasteiger partial charge in [-0.2, -0.15) is 0 Å². The molecule has 4 nitrogen and oxygen atoms in total. The summed E-state index contributed by atoms with van der Waals surface area (Å²) < 4.78 is 5.32. The number of rotatable bonds is 7. The van der Waals surface area contributed by atoms with Crippen LogP contribution in [0.5, 0.6) is 0 Å². The quantitative estimate of drug-likeness (QED) is 0.617. The first-order chi connectivity index (χ1) is 6.99. The van der Waals surface area contributed by atoms with Crippen LogP contribution in [-0.2, 0) is 9.53 Å². The standard InChI is InChI=1S/C11H24N2O2/c1-8(2)10(7-12)11(14)13-5-6-15-9(3)4/h8-10H,5-7,12H2,1-4H3,(H,13,14). The van der Waals surface area contributed by atoms with Gasteiger partial charge in [-0.15, -0.1) is 0 Å². The lowest BCUT2D eigenvalue weighted by molar-refractivity contribution is -0.126. The molecular formula is C11H24N2O2. The number of ether oxygens (including phenoxy) is 1. The summed E-state index contributed by atoms with van der Waals surface area (Å²) in [6, 6.07) is 0. The van der Waals surface area contributed by atoms with Gasteiger partial charge in [-0.25, -0.2) is 0 Å². The molecule has 1 amide bonds. The number of hydrogen-bond acceptors (Lipinski definition) is 3. The van der Waals surface area contributed by atoms with Crippen LogP contribution < -0.4 is 11.1 Å². The Morgan fingerprint density at radius 3 is 2.33 bits per heavy atom. The molecule has 0 aromatic carbocycles. The van der Waals surface area contributed by atoms with E-state index < -0.39 is 0 Å². The van der Waals surface area contributed by atoms with Gasteiger partial charge in [0.05, 0.1) is 18.6 Å². The summed E-state index contributed by atoms with van der Waals surface area (Å²) >= 11 is 0. The number of nitrogens with one attached hydrogen (secondary N) is 1. The summed E-state index contributed by atoms with van der Waals surface area (Å²) in [4.78, 5) is 11.6. The average molecular weight is 216 g/mol. The highest BCUT2D eigenvalue weighted by Crippen LogP contribution is 2.08. The van der Waals surface area contributed by atoms with E-state index in [1.54, 1.807) is 0 Å². The monoisotopic (exact) mass is 216 g/mol. The van der Waals surface area contributed by atoms with Crippen molar-refractivity contribution in [3.05, 3.63) is 0 Å². The highest BCUT2D eigenvalue weighted by atomic mass is 16.5. The molecule has 0 aliphatic heterocycles. The van der Waals surface area contributed by atoms with Crippen LogP contribution in [0.1, 0.15) is 27.7 Å². The predicted octanol–water partition coefficient (Wildman–Crippen LogP) is 0.759. The molecule has 0 heterocycles. The molecule has 0 bridgehead atoms. The molecular weight excluding hydrogens is 192 g/mol. The second-order valence-corrected chi connectivity index (χ2v) is 4.30. The van der Waals surface area contributed by atoms with Gasteiger partial charge < -0.3 is 15.8 Å². The first kappa shape index (κ1) is 14.4. The summed E-state index contributed by atoms with van der Waals surface area (Å²) in [6.07, 6.45) is 0.206. The van der Waals surface area contributed by atoms with Crippen molar-refractivity contribution in [3.63, 3.8) is 0 Å². The Kier molecular flexibility index (Phi) is 7.34. The molecule has 0 aliphatic carbocycles. The number of carbonyl (C=O) groups is 1. The van der Waals surface area contributed by atoms with E-state index in [0.717, 1.165) is 0 Å².